The van der Waals surface area contributed by atoms with Crippen LogP contribution in [0.3, 0.4) is 0 Å². The highest BCUT2D eigenvalue weighted by Crippen LogP contribution is 2.38. The van der Waals surface area contributed by atoms with E-state index in [-0.39, 0.29) is 6.61 Å². The van der Waals surface area contributed by atoms with Gasteiger partial charge in [0.15, 0.2) is 0 Å². The average molecular weight is 498 g/mol. The fraction of sp³-hybridized carbons (Fsp3) is 0.448. The lowest BCUT2D eigenvalue weighted by Crippen LogP contribution is -2.44. The summed E-state index contributed by atoms with van der Waals surface area (Å²) in [5, 5.41) is 2.66. The van der Waals surface area contributed by atoms with Crippen molar-refractivity contribution >= 4 is 18.1 Å². The minimum atomic E-state index is -0.852. The second kappa shape index (κ2) is 13.0. The van der Waals surface area contributed by atoms with Crippen LogP contribution in [0.15, 0.2) is 36.4 Å². The van der Waals surface area contributed by atoms with Gasteiger partial charge in [-0.05, 0) is 71.1 Å². The van der Waals surface area contributed by atoms with Gasteiger partial charge in [0.2, 0.25) is 0 Å². The normalized spacial score (nSPS) is 12.2. The molecule has 0 saturated carbocycles. The van der Waals surface area contributed by atoms with Gasteiger partial charge in [0.05, 0.1) is 14.2 Å². The molecule has 0 heterocycles. The van der Waals surface area contributed by atoms with E-state index in [0.717, 1.165) is 39.3 Å². The molecule has 0 aliphatic heterocycles. The molecule has 0 aliphatic carbocycles. The standard InChI is InChI=1S/C29H39NO6/c1-19-20(2)26(34-8)23(21(3)25(19)33-7)16-12-13-17-24(27(31)36-29(4,5)6)30-28(32)35-18-22-14-10-9-11-15-22/h9-12,14-16,24H,13,17-18H2,1-8H3,(H,30,32)/b16-12-. The van der Waals surface area contributed by atoms with Crippen LogP contribution >= 0.6 is 0 Å². The van der Waals surface area contributed by atoms with Crippen LogP contribution in [0, 0.1) is 20.8 Å². The fourth-order valence-electron chi connectivity index (χ4n) is 3.88. The first-order valence-electron chi connectivity index (χ1n) is 12.1. The predicted octanol–water partition coefficient (Wildman–Crippen LogP) is 6.06. The lowest BCUT2D eigenvalue weighted by molar-refractivity contribution is -0.157. The molecule has 7 heteroatoms. The van der Waals surface area contributed by atoms with Gasteiger partial charge >= 0.3 is 12.1 Å². The van der Waals surface area contributed by atoms with E-state index in [1.165, 1.54) is 0 Å². The second-order valence-corrected chi connectivity index (χ2v) is 9.63. The number of amides is 1. The Balaban J connectivity index is 2.13. The zero-order valence-corrected chi connectivity index (χ0v) is 22.7. The number of hydrogen-bond donors (Lipinski definition) is 1. The molecular formula is C29H39NO6. The van der Waals surface area contributed by atoms with Crippen molar-refractivity contribution in [2.45, 2.75) is 72.6 Å². The average Bonchev–Trinajstić information content (AvgIpc) is 2.82. The van der Waals surface area contributed by atoms with Crippen molar-refractivity contribution in [3.05, 3.63) is 64.2 Å². The Labute approximate surface area is 214 Å². The van der Waals surface area contributed by atoms with E-state index in [0.29, 0.717) is 12.8 Å². The number of rotatable bonds is 10. The summed E-state index contributed by atoms with van der Waals surface area (Å²) in [6.07, 6.45) is 4.10. The zero-order valence-electron chi connectivity index (χ0n) is 22.7. The van der Waals surface area contributed by atoms with Crippen LogP contribution < -0.4 is 14.8 Å². The van der Waals surface area contributed by atoms with Crippen LogP contribution in [0.2, 0.25) is 0 Å². The topological polar surface area (TPSA) is 83.1 Å². The molecule has 1 amide bonds. The van der Waals surface area contributed by atoms with Gasteiger partial charge in [0.25, 0.3) is 0 Å². The van der Waals surface area contributed by atoms with E-state index >= 15 is 0 Å². The summed E-state index contributed by atoms with van der Waals surface area (Å²) in [6, 6.07) is 8.50. The van der Waals surface area contributed by atoms with Crippen molar-refractivity contribution in [3.63, 3.8) is 0 Å². The molecule has 0 saturated heterocycles. The lowest BCUT2D eigenvalue weighted by Gasteiger charge is -2.24. The number of hydrogen-bond acceptors (Lipinski definition) is 6. The number of nitrogens with one attached hydrogen (secondary N) is 1. The quantitative estimate of drug-likeness (QED) is 0.402. The minimum Gasteiger partial charge on any atom is -0.496 e. The molecule has 2 rings (SSSR count). The van der Waals surface area contributed by atoms with Crippen molar-refractivity contribution in [1.29, 1.82) is 0 Å². The second-order valence-electron chi connectivity index (χ2n) is 9.63. The first kappa shape index (κ1) is 28.8. The van der Waals surface area contributed by atoms with Crippen LogP contribution in [0.1, 0.15) is 61.4 Å². The third-order valence-corrected chi connectivity index (χ3v) is 5.74. The van der Waals surface area contributed by atoms with Crippen LogP contribution in [0.5, 0.6) is 11.5 Å². The number of alkyl carbamates (subject to hydrolysis) is 1. The van der Waals surface area contributed by atoms with Crippen LogP contribution in [-0.4, -0.2) is 37.9 Å². The first-order valence-corrected chi connectivity index (χ1v) is 12.1. The number of ether oxygens (including phenoxy) is 4. The maximum atomic E-state index is 12.8. The maximum Gasteiger partial charge on any atom is 0.408 e. The SMILES string of the molecule is COc1c(C)c(C)c(OC)c(/C=C\CCC(NC(=O)OCc2ccccc2)C(=O)OC(C)(C)C)c1C. The summed E-state index contributed by atoms with van der Waals surface area (Å²) in [7, 11) is 3.30. The van der Waals surface area contributed by atoms with E-state index in [2.05, 4.69) is 5.32 Å². The Morgan fingerprint density at radius 2 is 1.56 bits per heavy atom. The van der Waals surface area contributed by atoms with Gasteiger partial charge in [-0.2, -0.15) is 0 Å². The predicted molar refractivity (Wildman–Crippen MR) is 141 cm³/mol. The molecule has 7 nitrogen and oxygen atoms in total. The van der Waals surface area contributed by atoms with E-state index in [1.807, 2.05) is 63.3 Å². The fourth-order valence-corrected chi connectivity index (χ4v) is 3.88. The molecule has 0 fully saturated rings. The Morgan fingerprint density at radius 1 is 0.944 bits per heavy atom. The molecule has 0 bridgehead atoms. The monoisotopic (exact) mass is 497 g/mol. The van der Waals surface area contributed by atoms with E-state index in [9.17, 15) is 9.59 Å². The largest absolute Gasteiger partial charge is 0.496 e. The Kier molecular flexibility index (Phi) is 10.4. The molecule has 2 aromatic rings. The van der Waals surface area contributed by atoms with Gasteiger partial charge in [-0.15, -0.1) is 0 Å². The molecule has 1 atom stereocenters. The Morgan fingerprint density at radius 3 is 2.14 bits per heavy atom. The summed E-state index contributed by atoms with van der Waals surface area (Å²) in [6.45, 7) is 11.5. The van der Waals surface area contributed by atoms with Crippen molar-refractivity contribution in [3.8, 4) is 11.5 Å². The number of allylic oxidation sites excluding steroid dienone is 1. The number of esters is 1. The van der Waals surface area contributed by atoms with E-state index < -0.39 is 23.7 Å². The van der Waals surface area contributed by atoms with Gasteiger partial charge in [0, 0.05) is 11.1 Å². The van der Waals surface area contributed by atoms with Gasteiger partial charge in [-0.3, -0.25) is 0 Å². The lowest BCUT2D eigenvalue weighted by atomic mass is 9.96. The van der Waals surface area contributed by atoms with Crippen LogP contribution in [0.25, 0.3) is 6.08 Å². The number of carbonyl (C=O) groups excluding carboxylic acids is 2. The highest BCUT2D eigenvalue weighted by Gasteiger charge is 2.27. The molecule has 0 radical (unpaired) electrons. The summed E-state index contributed by atoms with van der Waals surface area (Å²) in [5.74, 6) is 1.10. The van der Waals surface area contributed by atoms with Gasteiger partial charge in [-0.25, -0.2) is 9.59 Å². The van der Waals surface area contributed by atoms with Crippen molar-refractivity contribution in [2.75, 3.05) is 14.2 Å². The van der Waals surface area contributed by atoms with Crippen molar-refractivity contribution < 1.29 is 28.5 Å². The molecule has 0 aliphatic rings. The Hall–Kier alpha value is -3.48. The zero-order chi connectivity index (χ0) is 26.9. The van der Waals surface area contributed by atoms with Crippen molar-refractivity contribution in [2.24, 2.45) is 0 Å². The van der Waals surface area contributed by atoms with Gasteiger partial charge in [-0.1, -0.05) is 42.5 Å². The molecule has 1 unspecified atom stereocenters. The van der Waals surface area contributed by atoms with Crippen LogP contribution in [0.4, 0.5) is 4.79 Å². The molecule has 196 valence electrons. The molecule has 0 spiro atoms. The van der Waals surface area contributed by atoms with Crippen LogP contribution in [-0.2, 0) is 20.9 Å². The molecular weight excluding hydrogens is 458 g/mol. The summed E-state index contributed by atoms with van der Waals surface area (Å²) < 4.78 is 22.1. The third kappa shape index (κ3) is 8.04. The van der Waals surface area contributed by atoms with E-state index in [4.69, 9.17) is 18.9 Å². The first-order chi connectivity index (χ1) is 17.0. The third-order valence-electron chi connectivity index (χ3n) is 5.74. The molecule has 36 heavy (non-hydrogen) atoms. The molecule has 0 aromatic heterocycles. The Bertz CT molecular complexity index is 1070. The van der Waals surface area contributed by atoms with Gasteiger partial charge < -0.3 is 24.3 Å². The van der Waals surface area contributed by atoms with E-state index in [1.54, 1.807) is 35.0 Å². The van der Waals surface area contributed by atoms with Crippen molar-refractivity contribution in [1.82, 2.24) is 5.32 Å². The van der Waals surface area contributed by atoms with Gasteiger partial charge in [0.1, 0.15) is 29.7 Å². The highest BCUT2D eigenvalue weighted by molar-refractivity contribution is 5.81. The molecule has 1 N–H and O–H groups in total. The number of benzene rings is 2. The maximum absolute atomic E-state index is 12.8. The number of methoxy groups -OCH3 is 2. The summed E-state index contributed by atoms with van der Waals surface area (Å²) in [4.78, 5) is 25.2. The number of carbonyl (C=O) groups is 2. The summed E-state index contributed by atoms with van der Waals surface area (Å²) in [5.41, 5.74) is 4.11. The smallest absolute Gasteiger partial charge is 0.408 e. The summed E-state index contributed by atoms with van der Waals surface area (Å²) >= 11 is 0. The minimum absolute atomic E-state index is 0.112. The highest BCUT2D eigenvalue weighted by atomic mass is 16.6. The molecule has 2 aromatic carbocycles.